The van der Waals surface area contributed by atoms with Crippen LogP contribution in [0.3, 0.4) is 0 Å². The van der Waals surface area contributed by atoms with Crippen molar-refractivity contribution in [3.63, 3.8) is 0 Å². The first-order valence-corrected chi connectivity index (χ1v) is 10.2. The predicted molar refractivity (Wildman–Crippen MR) is 100 cm³/mol. The highest BCUT2D eigenvalue weighted by Crippen LogP contribution is 2.25. The Kier molecular flexibility index (Phi) is 5.33. The fraction of sp³-hybridized carbons (Fsp3) is 0.647. The van der Waals surface area contributed by atoms with Crippen molar-refractivity contribution in [1.82, 2.24) is 19.2 Å². The first kappa shape index (κ1) is 17.4. The number of nitrogens with zero attached hydrogens (tertiary/aromatic N) is 4. The number of hydrogen-bond acceptors (Lipinski definition) is 6. The fourth-order valence-corrected chi connectivity index (χ4v) is 4.46. The first-order valence-electron chi connectivity index (χ1n) is 8.88. The third kappa shape index (κ3) is 3.88. The van der Waals surface area contributed by atoms with Crippen molar-refractivity contribution >= 4 is 23.6 Å². The molecule has 6 nitrogen and oxygen atoms in total. The number of rotatable bonds is 5. The molecule has 25 heavy (non-hydrogen) atoms. The summed E-state index contributed by atoms with van der Waals surface area (Å²) in [5, 5.41) is 6.94. The van der Waals surface area contributed by atoms with E-state index in [0.29, 0.717) is 6.67 Å². The summed E-state index contributed by atoms with van der Waals surface area (Å²) < 4.78 is 16.4. The Balaban J connectivity index is 1.62. The van der Waals surface area contributed by atoms with Crippen LogP contribution >= 0.6 is 23.6 Å². The predicted octanol–water partition coefficient (Wildman–Crippen LogP) is 3.00. The van der Waals surface area contributed by atoms with Crippen molar-refractivity contribution < 1.29 is 9.47 Å². The average molecular weight is 381 g/mol. The Morgan fingerprint density at radius 2 is 2.28 bits per heavy atom. The Hall–Kier alpha value is -1.06. The van der Waals surface area contributed by atoms with E-state index < -0.39 is 0 Å². The molecular weight excluding hydrogens is 356 g/mol. The lowest BCUT2D eigenvalue weighted by Crippen LogP contribution is -2.42. The molecule has 2 fully saturated rings. The van der Waals surface area contributed by atoms with Crippen molar-refractivity contribution in [2.75, 3.05) is 26.3 Å². The van der Waals surface area contributed by atoms with E-state index in [1.54, 1.807) is 11.3 Å². The van der Waals surface area contributed by atoms with Crippen LogP contribution in [0.2, 0.25) is 0 Å². The maximum atomic E-state index is 5.83. The third-order valence-corrected chi connectivity index (χ3v) is 6.03. The van der Waals surface area contributed by atoms with Crippen LogP contribution in [0.4, 0.5) is 0 Å². The first-order chi connectivity index (χ1) is 12.2. The van der Waals surface area contributed by atoms with Crippen LogP contribution in [0, 0.1) is 4.77 Å². The van der Waals surface area contributed by atoms with Crippen molar-refractivity contribution in [2.24, 2.45) is 0 Å². The van der Waals surface area contributed by atoms with Crippen molar-refractivity contribution in [2.45, 2.75) is 45.2 Å². The molecule has 2 atom stereocenters. The van der Waals surface area contributed by atoms with Crippen LogP contribution in [0.25, 0.3) is 10.7 Å². The summed E-state index contributed by atoms with van der Waals surface area (Å²) in [5.74, 6) is 0.955. The van der Waals surface area contributed by atoms with Crippen LogP contribution in [0.1, 0.15) is 19.8 Å². The smallest absolute Gasteiger partial charge is 0.199 e. The Labute approximate surface area is 157 Å². The largest absolute Gasteiger partial charge is 0.376 e. The van der Waals surface area contributed by atoms with Crippen molar-refractivity contribution in [3.05, 3.63) is 22.3 Å². The van der Waals surface area contributed by atoms with Crippen LogP contribution in [0.5, 0.6) is 0 Å². The molecule has 0 amide bonds. The van der Waals surface area contributed by atoms with Gasteiger partial charge in [-0.2, -0.15) is 0 Å². The van der Waals surface area contributed by atoms with E-state index in [9.17, 15) is 0 Å². The molecule has 2 aromatic rings. The minimum absolute atomic E-state index is 0.242. The molecule has 0 spiro atoms. The van der Waals surface area contributed by atoms with E-state index in [0.717, 1.165) is 61.2 Å². The average Bonchev–Trinajstić information content (AvgIpc) is 3.33. The van der Waals surface area contributed by atoms with Gasteiger partial charge in [0.05, 0.1) is 36.9 Å². The number of ether oxygens (including phenoxy) is 2. The minimum Gasteiger partial charge on any atom is -0.376 e. The number of thiophene rings is 1. The van der Waals surface area contributed by atoms with Gasteiger partial charge in [-0.3, -0.25) is 9.47 Å². The summed E-state index contributed by atoms with van der Waals surface area (Å²) >= 11 is 7.47. The summed E-state index contributed by atoms with van der Waals surface area (Å²) in [6.07, 6.45) is 2.73. The van der Waals surface area contributed by atoms with Gasteiger partial charge in [-0.05, 0) is 43.4 Å². The van der Waals surface area contributed by atoms with E-state index >= 15 is 0 Å². The topological polar surface area (TPSA) is 44.5 Å². The molecule has 2 aliphatic rings. The quantitative estimate of drug-likeness (QED) is 0.746. The molecule has 2 aliphatic heterocycles. The van der Waals surface area contributed by atoms with Gasteiger partial charge < -0.3 is 9.47 Å². The standard InChI is InChI=1S/C17H24N4O2S2/c1-13-10-19(6-8-22-13)12-21-17(24)20(11-14-4-2-7-23-14)16(18-21)15-5-3-9-25-15/h3,5,9,13-14H,2,4,6-8,10-12H2,1H3. The molecule has 0 aromatic carbocycles. The van der Waals surface area contributed by atoms with E-state index in [2.05, 4.69) is 33.9 Å². The third-order valence-electron chi connectivity index (χ3n) is 4.73. The summed E-state index contributed by atoms with van der Waals surface area (Å²) in [5.41, 5.74) is 0. The van der Waals surface area contributed by atoms with Crippen LogP contribution in [-0.4, -0.2) is 57.8 Å². The molecule has 2 aromatic heterocycles. The zero-order valence-electron chi connectivity index (χ0n) is 14.5. The fourth-order valence-electron chi connectivity index (χ4n) is 3.49. The lowest BCUT2D eigenvalue weighted by atomic mass is 10.2. The van der Waals surface area contributed by atoms with Crippen LogP contribution < -0.4 is 0 Å². The van der Waals surface area contributed by atoms with Gasteiger partial charge in [0.1, 0.15) is 0 Å². The highest BCUT2D eigenvalue weighted by Gasteiger charge is 2.23. The maximum Gasteiger partial charge on any atom is 0.199 e. The second-order valence-electron chi connectivity index (χ2n) is 6.73. The summed E-state index contributed by atoms with van der Waals surface area (Å²) in [7, 11) is 0. The van der Waals surface area contributed by atoms with E-state index in [1.807, 2.05) is 4.68 Å². The normalized spacial score (nSPS) is 24.8. The lowest BCUT2D eigenvalue weighted by molar-refractivity contribution is -0.0307. The molecule has 136 valence electrons. The van der Waals surface area contributed by atoms with Crippen molar-refractivity contribution in [3.8, 4) is 10.7 Å². The molecule has 8 heteroatoms. The highest BCUT2D eigenvalue weighted by atomic mass is 32.1. The van der Waals surface area contributed by atoms with Gasteiger partial charge in [0.15, 0.2) is 10.6 Å². The molecule has 0 bridgehead atoms. The molecule has 0 saturated carbocycles. The van der Waals surface area contributed by atoms with Crippen molar-refractivity contribution in [1.29, 1.82) is 0 Å². The number of hydrogen-bond donors (Lipinski definition) is 0. The van der Waals surface area contributed by atoms with Gasteiger partial charge >= 0.3 is 0 Å². The van der Waals surface area contributed by atoms with E-state index in [4.69, 9.17) is 26.8 Å². The molecule has 0 aliphatic carbocycles. The van der Waals surface area contributed by atoms with Gasteiger partial charge in [0.2, 0.25) is 0 Å². The van der Waals surface area contributed by atoms with Gasteiger partial charge in [-0.25, -0.2) is 4.68 Å². The van der Waals surface area contributed by atoms with Gasteiger partial charge in [-0.1, -0.05) is 6.07 Å². The zero-order valence-corrected chi connectivity index (χ0v) is 16.1. The molecule has 4 heterocycles. The zero-order chi connectivity index (χ0) is 17.2. The van der Waals surface area contributed by atoms with Gasteiger partial charge in [0, 0.05) is 19.7 Å². The SMILES string of the molecule is CC1CN(Cn2nc(-c3cccs3)n(CC3CCCO3)c2=S)CCO1. The van der Waals surface area contributed by atoms with E-state index in [1.165, 1.54) is 0 Å². The second-order valence-corrected chi connectivity index (χ2v) is 8.04. The minimum atomic E-state index is 0.242. The number of aromatic nitrogens is 3. The Morgan fingerprint density at radius 3 is 3.00 bits per heavy atom. The molecule has 0 N–H and O–H groups in total. The van der Waals surface area contributed by atoms with Gasteiger partial charge in [0.25, 0.3) is 0 Å². The van der Waals surface area contributed by atoms with Crippen LogP contribution in [0.15, 0.2) is 17.5 Å². The summed E-state index contributed by atoms with van der Waals surface area (Å²) in [6.45, 7) is 7.05. The lowest BCUT2D eigenvalue weighted by Gasteiger charge is -2.30. The summed E-state index contributed by atoms with van der Waals surface area (Å²) in [6, 6.07) is 4.16. The molecule has 4 rings (SSSR count). The molecule has 2 saturated heterocycles. The van der Waals surface area contributed by atoms with Crippen LogP contribution in [-0.2, 0) is 22.7 Å². The Morgan fingerprint density at radius 1 is 1.36 bits per heavy atom. The maximum absolute atomic E-state index is 5.83. The highest BCUT2D eigenvalue weighted by molar-refractivity contribution is 7.71. The molecule has 0 radical (unpaired) electrons. The van der Waals surface area contributed by atoms with E-state index in [-0.39, 0.29) is 12.2 Å². The molecular formula is C17H24N4O2S2. The Bertz CT molecular complexity index is 749. The molecule has 2 unspecified atom stereocenters. The monoisotopic (exact) mass is 380 g/mol. The number of morpholine rings is 1. The summed E-state index contributed by atoms with van der Waals surface area (Å²) in [4.78, 5) is 3.50. The van der Waals surface area contributed by atoms with Gasteiger partial charge in [-0.15, -0.1) is 16.4 Å². The second kappa shape index (κ2) is 7.67.